The van der Waals surface area contributed by atoms with Gasteiger partial charge in [-0.1, -0.05) is 12.1 Å². The van der Waals surface area contributed by atoms with Gasteiger partial charge in [0, 0.05) is 24.2 Å². The number of amides is 1. The molecule has 1 saturated heterocycles. The number of non-ortho nitro benzene ring substituents is 1. The fourth-order valence-electron chi connectivity index (χ4n) is 3.72. The molecule has 1 heterocycles. The highest BCUT2D eigenvalue weighted by Crippen LogP contribution is 2.40. The van der Waals surface area contributed by atoms with Gasteiger partial charge in [0.1, 0.15) is 11.5 Å². The van der Waals surface area contributed by atoms with Gasteiger partial charge in [-0.25, -0.2) is 0 Å². The van der Waals surface area contributed by atoms with E-state index in [4.69, 9.17) is 4.74 Å². The maximum absolute atomic E-state index is 13.0. The third-order valence-electron chi connectivity index (χ3n) is 5.31. The van der Waals surface area contributed by atoms with E-state index in [0.29, 0.717) is 36.4 Å². The summed E-state index contributed by atoms with van der Waals surface area (Å²) in [6.07, 6.45) is 0.614. The quantitative estimate of drug-likeness (QED) is 0.221. The van der Waals surface area contributed by atoms with Gasteiger partial charge in [-0.3, -0.25) is 19.7 Å². The average Bonchev–Trinajstić information content (AvgIpc) is 3.03. The van der Waals surface area contributed by atoms with Crippen LogP contribution in [0.4, 0.5) is 5.69 Å². The number of benzene rings is 2. The fourth-order valence-corrected chi connectivity index (χ4v) is 3.72. The molecule has 1 atom stereocenters. The third-order valence-corrected chi connectivity index (χ3v) is 5.31. The van der Waals surface area contributed by atoms with Crippen LogP contribution in [0.5, 0.6) is 5.75 Å². The first kappa shape index (κ1) is 23.0. The summed E-state index contributed by atoms with van der Waals surface area (Å²) >= 11 is 0. The highest BCUT2D eigenvalue weighted by molar-refractivity contribution is 6.46. The molecule has 0 aromatic heterocycles. The van der Waals surface area contributed by atoms with Crippen molar-refractivity contribution in [3.8, 4) is 5.75 Å². The van der Waals surface area contributed by atoms with Crippen LogP contribution in [-0.4, -0.2) is 65.8 Å². The van der Waals surface area contributed by atoms with Crippen molar-refractivity contribution < 1.29 is 24.4 Å². The SMILES string of the molecule is COc1cccc(C(O)=C2C(=O)C(=O)N(CCCN(C)C)C2c2ccc([N+](=O)[O-])cc2)c1. The fraction of sp³-hybridized carbons (Fsp3) is 0.304. The van der Waals surface area contributed by atoms with E-state index in [-0.39, 0.29) is 17.0 Å². The summed E-state index contributed by atoms with van der Waals surface area (Å²) in [6, 6.07) is 11.3. The lowest BCUT2D eigenvalue weighted by Crippen LogP contribution is -2.32. The van der Waals surface area contributed by atoms with Crippen LogP contribution in [0.2, 0.25) is 0 Å². The Morgan fingerprint density at radius 1 is 1.19 bits per heavy atom. The largest absolute Gasteiger partial charge is 0.507 e. The number of nitro groups is 1. The molecule has 1 fully saturated rings. The molecule has 9 heteroatoms. The number of ketones is 1. The zero-order chi connectivity index (χ0) is 23.4. The Balaban J connectivity index is 2.10. The molecule has 0 radical (unpaired) electrons. The number of hydrogen-bond donors (Lipinski definition) is 1. The van der Waals surface area contributed by atoms with Crippen LogP contribution in [0.3, 0.4) is 0 Å². The maximum atomic E-state index is 13.0. The number of nitro benzene ring substituents is 1. The highest BCUT2D eigenvalue weighted by atomic mass is 16.6. The summed E-state index contributed by atoms with van der Waals surface area (Å²) in [6.45, 7) is 0.991. The van der Waals surface area contributed by atoms with Gasteiger partial charge in [-0.15, -0.1) is 0 Å². The monoisotopic (exact) mass is 439 g/mol. The number of rotatable bonds is 8. The number of carbonyl (C=O) groups is 2. The van der Waals surface area contributed by atoms with Gasteiger partial charge in [0.05, 0.1) is 23.6 Å². The van der Waals surface area contributed by atoms with E-state index in [1.54, 1.807) is 24.3 Å². The minimum atomic E-state index is -0.857. The van der Waals surface area contributed by atoms with Crippen LogP contribution < -0.4 is 4.74 Å². The predicted molar refractivity (Wildman–Crippen MR) is 118 cm³/mol. The first-order valence-electron chi connectivity index (χ1n) is 10.1. The normalized spacial score (nSPS) is 17.8. The molecule has 32 heavy (non-hydrogen) atoms. The number of hydrogen-bond acceptors (Lipinski definition) is 7. The minimum absolute atomic E-state index is 0.0537. The molecule has 2 aromatic carbocycles. The molecule has 168 valence electrons. The molecule has 1 amide bonds. The topological polar surface area (TPSA) is 113 Å². The van der Waals surface area contributed by atoms with Crippen molar-refractivity contribution >= 4 is 23.1 Å². The van der Waals surface area contributed by atoms with E-state index in [2.05, 4.69) is 0 Å². The van der Waals surface area contributed by atoms with Crippen molar-refractivity contribution in [1.82, 2.24) is 9.80 Å². The first-order chi connectivity index (χ1) is 15.2. The van der Waals surface area contributed by atoms with E-state index < -0.39 is 22.7 Å². The third kappa shape index (κ3) is 4.62. The van der Waals surface area contributed by atoms with Crippen molar-refractivity contribution in [2.75, 3.05) is 34.3 Å². The molecular weight excluding hydrogens is 414 g/mol. The molecule has 0 bridgehead atoms. The van der Waals surface area contributed by atoms with E-state index in [1.165, 1.54) is 36.3 Å². The molecule has 0 aliphatic carbocycles. The second kappa shape index (κ2) is 9.61. The Labute approximate surface area is 185 Å². The lowest BCUT2D eigenvalue weighted by Gasteiger charge is -2.26. The van der Waals surface area contributed by atoms with E-state index in [0.717, 1.165) is 0 Å². The summed E-state index contributed by atoms with van der Waals surface area (Å²) in [5, 5.41) is 22.1. The number of likely N-dealkylation sites (tertiary alicyclic amines) is 1. The van der Waals surface area contributed by atoms with Crippen LogP contribution in [0.15, 0.2) is 54.1 Å². The van der Waals surface area contributed by atoms with E-state index in [1.807, 2.05) is 19.0 Å². The molecule has 1 aliphatic rings. The molecule has 1 N–H and O–H groups in total. The highest BCUT2D eigenvalue weighted by Gasteiger charge is 2.45. The average molecular weight is 439 g/mol. The van der Waals surface area contributed by atoms with Crippen molar-refractivity contribution in [2.24, 2.45) is 0 Å². The summed E-state index contributed by atoms with van der Waals surface area (Å²) in [4.78, 5) is 39.8. The Bertz CT molecular complexity index is 1060. The van der Waals surface area contributed by atoms with Crippen LogP contribution in [0, 0.1) is 10.1 Å². The number of aliphatic hydroxyl groups excluding tert-OH is 1. The molecule has 1 unspecified atom stereocenters. The van der Waals surface area contributed by atoms with Gasteiger partial charge in [0.2, 0.25) is 0 Å². The number of methoxy groups -OCH3 is 1. The van der Waals surface area contributed by atoms with E-state index in [9.17, 15) is 24.8 Å². The second-order valence-corrected chi connectivity index (χ2v) is 7.73. The smallest absolute Gasteiger partial charge is 0.295 e. The Kier molecular flexibility index (Phi) is 6.89. The minimum Gasteiger partial charge on any atom is -0.507 e. The molecule has 1 aliphatic heterocycles. The number of nitrogens with zero attached hydrogens (tertiary/aromatic N) is 3. The van der Waals surface area contributed by atoms with Gasteiger partial charge in [-0.2, -0.15) is 0 Å². The molecule has 3 rings (SSSR count). The van der Waals surface area contributed by atoms with Crippen molar-refractivity contribution in [2.45, 2.75) is 12.5 Å². The van der Waals surface area contributed by atoms with E-state index >= 15 is 0 Å². The van der Waals surface area contributed by atoms with Gasteiger partial charge in [0.15, 0.2) is 0 Å². The van der Waals surface area contributed by atoms with Crippen molar-refractivity contribution in [3.05, 3.63) is 75.3 Å². The summed E-state index contributed by atoms with van der Waals surface area (Å²) < 4.78 is 5.19. The Morgan fingerprint density at radius 3 is 2.47 bits per heavy atom. The predicted octanol–water partition coefficient (Wildman–Crippen LogP) is 2.98. The lowest BCUT2D eigenvalue weighted by atomic mass is 9.95. The second-order valence-electron chi connectivity index (χ2n) is 7.73. The van der Waals surface area contributed by atoms with Gasteiger partial charge < -0.3 is 19.6 Å². The summed E-state index contributed by atoms with van der Waals surface area (Å²) in [5.41, 5.74) is 0.680. The van der Waals surface area contributed by atoms with Gasteiger partial charge >= 0.3 is 0 Å². The number of carbonyl (C=O) groups excluding carboxylic acids is 2. The van der Waals surface area contributed by atoms with Crippen LogP contribution in [-0.2, 0) is 9.59 Å². The van der Waals surface area contributed by atoms with Crippen LogP contribution >= 0.6 is 0 Å². The molecule has 0 spiro atoms. The number of aliphatic hydroxyl groups is 1. The zero-order valence-electron chi connectivity index (χ0n) is 18.1. The molecule has 0 saturated carbocycles. The van der Waals surface area contributed by atoms with Gasteiger partial charge in [-0.05, 0) is 56.9 Å². The summed E-state index contributed by atoms with van der Waals surface area (Å²) in [5.74, 6) is -1.34. The van der Waals surface area contributed by atoms with Crippen LogP contribution in [0.25, 0.3) is 5.76 Å². The maximum Gasteiger partial charge on any atom is 0.295 e. The van der Waals surface area contributed by atoms with Crippen LogP contribution in [0.1, 0.15) is 23.6 Å². The lowest BCUT2D eigenvalue weighted by molar-refractivity contribution is -0.384. The van der Waals surface area contributed by atoms with Crippen molar-refractivity contribution in [3.63, 3.8) is 0 Å². The van der Waals surface area contributed by atoms with Crippen molar-refractivity contribution in [1.29, 1.82) is 0 Å². The standard InChI is InChI=1S/C23H25N3O6/c1-24(2)12-5-13-25-20(15-8-10-17(11-9-15)26(30)31)19(22(28)23(25)29)21(27)16-6-4-7-18(14-16)32-3/h4,6-11,14,20,27H,5,12-13H2,1-3H3. The Hall–Kier alpha value is -3.72. The molecule has 9 nitrogen and oxygen atoms in total. The Morgan fingerprint density at radius 2 is 1.88 bits per heavy atom. The zero-order valence-corrected chi connectivity index (χ0v) is 18.1. The summed E-state index contributed by atoms with van der Waals surface area (Å²) in [7, 11) is 5.30. The molecule has 2 aromatic rings. The number of Topliss-reactive ketones (excluding diaryl/α,β-unsaturated/α-hetero) is 1. The molecular formula is C23H25N3O6. The first-order valence-corrected chi connectivity index (χ1v) is 10.1. The number of ether oxygens (including phenoxy) is 1. The van der Waals surface area contributed by atoms with Gasteiger partial charge in [0.25, 0.3) is 17.4 Å².